The van der Waals surface area contributed by atoms with Crippen molar-refractivity contribution >= 4 is 22.8 Å². The molecule has 0 bridgehead atoms. The minimum Gasteiger partial charge on any atom is -0.308 e. The summed E-state index contributed by atoms with van der Waals surface area (Å²) in [5, 5.41) is -0.0609. The van der Waals surface area contributed by atoms with Crippen LogP contribution in [0.25, 0.3) is 11.2 Å². The summed E-state index contributed by atoms with van der Waals surface area (Å²) in [6, 6.07) is 2.56. The molecule has 0 amide bonds. The number of pyridine rings is 1. The van der Waals surface area contributed by atoms with Crippen molar-refractivity contribution < 1.29 is 0 Å². The van der Waals surface area contributed by atoms with Crippen molar-refractivity contribution in [2.45, 2.75) is 38.1 Å². The van der Waals surface area contributed by atoms with Crippen molar-refractivity contribution in [2.75, 3.05) is 0 Å². The van der Waals surface area contributed by atoms with Crippen LogP contribution in [-0.2, 0) is 0 Å². The number of aromatic nitrogens is 3. The van der Waals surface area contributed by atoms with Crippen LogP contribution >= 0.6 is 11.6 Å². The zero-order valence-corrected chi connectivity index (χ0v) is 10.2. The van der Waals surface area contributed by atoms with Crippen molar-refractivity contribution in [1.82, 2.24) is 14.5 Å². The molecule has 4 heteroatoms. The fraction of sp³-hybridized carbons (Fsp3) is 0.500. The lowest BCUT2D eigenvalue weighted by Gasteiger charge is -2.07. The van der Waals surface area contributed by atoms with Crippen LogP contribution in [0.15, 0.2) is 12.3 Å². The molecular formula is C12H14ClN3. The molecular weight excluding hydrogens is 222 g/mol. The summed E-state index contributed by atoms with van der Waals surface area (Å²) in [5.41, 5.74) is 3.16. The van der Waals surface area contributed by atoms with Gasteiger partial charge in [0.25, 0.3) is 0 Å². The molecule has 0 aliphatic heterocycles. The average Bonchev–Trinajstić information content (AvgIpc) is 2.99. The van der Waals surface area contributed by atoms with E-state index in [-0.39, 0.29) is 5.38 Å². The van der Waals surface area contributed by atoms with Crippen molar-refractivity contribution in [3.05, 3.63) is 23.7 Å². The van der Waals surface area contributed by atoms with Gasteiger partial charge in [0.2, 0.25) is 0 Å². The number of aryl methyl sites for hydroxylation is 1. The van der Waals surface area contributed by atoms with Gasteiger partial charge in [0.1, 0.15) is 11.3 Å². The van der Waals surface area contributed by atoms with Gasteiger partial charge in [-0.05, 0) is 38.3 Å². The van der Waals surface area contributed by atoms with Gasteiger partial charge in [0.05, 0.1) is 5.38 Å². The van der Waals surface area contributed by atoms with Crippen LogP contribution in [0.4, 0.5) is 0 Å². The van der Waals surface area contributed by atoms with E-state index in [0.717, 1.165) is 17.0 Å². The highest BCUT2D eigenvalue weighted by molar-refractivity contribution is 6.20. The lowest BCUT2D eigenvalue weighted by atomic mass is 10.3. The second kappa shape index (κ2) is 3.45. The van der Waals surface area contributed by atoms with Crippen LogP contribution in [-0.4, -0.2) is 14.5 Å². The lowest BCUT2D eigenvalue weighted by Crippen LogP contribution is -2.02. The summed E-state index contributed by atoms with van der Waals surface area (Å²) in [6.07, 6.45) is 4.29. The number of nitrogens with zero attached hydrogens (tertiary/aromatic N) is 3. The van der Waals surface area contributed by atoms with Crippen LogP contribution in [0.1, 0.15) is 42.6 Å². The van der Waals surface area contributed by atoms with E-state index < -0.39 is 0 Å². The number of alkyl halides is 1. The van der Waals surface area contributed by atoms with E-state index in [1.807, 2.05) is 19.2 Å². The maximum atomic E-state index is 6.19. The number of rotatable bonds is 2. The van der Waals surface area contributed by atoms with Crippen molar-refractivity contribution in [2.24, 2.45) is 0 Å². The third kappa shape index (κ3) is 1.42. The summed E-state index contributed by atoms with van der Waals surface area (Å²) in [6.45, 7) is 4.04. The summed E-state index contributed by atoms with van der Waals surface area (Å²) in [5.74, 6) is 0.959. The van der Waals surface area contributed by atoms with Gasteiger partial charge < -0.3 is 4.57 Å². The molecule has 0 radical (unpaired) electrons. The Morgan fingerprint density at radius 2 is 2.25 bits per heavy atom. The number of fused-ring (bicyclic) bond motifs is 1. The minimum atomic E-state index is -0.0609. The van der Waals surface area contributed by atoms with E-state index in [4.69, 9.17) is 11.6 Å². The number of hydrogen-bond donors (Lipinski definition) is 0. The highest BCUT2D eigenvalue weighted by Gasteiger charge is 2.30. The average molecular weight is 236 g/mol. The summed E-state index contributed by atoms with van der Waals surface area (Å²) in [4.78, 5) is 9.09. The van der Waals surface area contributed by atoms with E-state index >= 15 is 0 Å². The van der Waals surface area contributed by atoms with Crippen LogP contribution in [0.5, 0.6) is 0 Å². The smallest absolute Gasteiger partial charge is 0.160 e. The van der Waals surface area contributed by atoms with Gasteiger partial charge in [-0.15, -0.1) is 11.6 Å². The lowest BCUT2D eigenvalue weighted by molar-refractivity contribution is 0.694. The molecule has 2 heterocycles. The Labute approximate surface area is 99.5 Å². The van der Waals surface area contributed by atoms with Gasteiger partial charge in [0, 0.05) is 12.2 Å². The first-order valence-corrected chi connectivity index (χ1v) is 6.09. The van der Waals surface area contributed by atoms with Crippen molar-refractivity contribution in [1.29, 1.82) is 0 Å². The molecule has 84 valence electrons. The molecule has 1 aliphatic rings. The van der Waals surface area contributed by atoms with E-state index in [9.17, 15) is 0 Å². The monoisotopic (exact) mass is 235 g/mol. The van der Waals surface area contributed by atoms with Gasteiger partial charge in [-0.3, -0.25) is 0 Å². The van der Waals surface area contributed by atoms with Crippen LogP contribution in [0, 0.1) is 6.92 Å². The predicted octanol–water partition coefficient (Wildman–Crippen LogP) is 3.37. The van der Waals surface area contributed by atoms with Crippen LogP contribution in [0.3, 0.4) is 0 Å². The Kier molecular flexibility index (Phi) is 2.18. The molecule has 0 spiro atoms. The van der Waals surface area contributed by atoms with Gasteiger partial charge in [-0.1, -0.05) is 0 Å². The van der Waals surface area contributed by atoms with E-state index in [1.54, 1.807) is 0 Å². The fourth-order valence-corrected chi connectivity index (χ4v) is 2.25. The Hall–Kier alpha value is -1.09. The molecule has 1 fully saturated rings. The van der Waals surface area contributed by atoms with Gasteiger partial charge in [-0.2, -0.15) is 0 Å². The molecule has 0 aromatic carbocycles. The third-order valence-electron chi connectivity index (χ3n) is 3.08. The maximum absolute atomic E-state index is 6.19. The zero-order valence-electron chi connectivity index (χ0n) is 9.44. The Morgan fingerprint density at radius 3 is 2.88 bits per heavy atom. The topological polar surface area (TPSA) is 30.7 Å². The van der Waals surface area contributed by atoms with E-state index in [1.165, 1.54) is 18.4 Å². The first-order chi connectivity index (χ1) is 7.68. The quantitative estimate of drug-likeness (QED) is 0.748. The third-order valence-corrected chi connectivity index (χ3v) is 3.27. The molecule has 3 rings (SSSR count). The molecule has 1 saturated carbocycles. The molecule has 0 N–H and O–H groups in total. The second-order valence-corrected chi connectivity index (χ2v) is 5.14. The first kappa shape index (κ1) is 10.1. The molecule has 3 nitrogen and oxygen atoms in total. The standard InChI is InChI=1S/C12H14ClN3/c1-7-5-6-14-12-10(7)15-11(8(2)13)16(12)9-3-4-9/h5-6,8-9H,3-4H2,1-2H3. The summed E-state index contributed by atoms with van der Waals surface area (Å²) >= 11 is 6.19. The van der Waals surface area contributed by atoms with Gasteiger partial charge >= 0.3 is 0 Å². The van der Waals surface area contributed by atoms with Crippen molar-refractivity contribution in [3.63, 3.8) is 0 Å². The number of hydrogen-bond acceptors (Lipinski definition) is 2. The first-order valence-electron chi connectivity index (χ1n) is 5.66. The molecule has 0 saturated heterocycles. The summed E-state index contributed by atoms with van der Waals surface area (Å²) in [7, 11) is 0. The van der Waals surface area contributed by atoms with Crippen molar-refractivity contribution in [3.8, 4) is 0 Å². The molecule has 1 unspecified atom stereocenters. The Balaban J connectivity index is 2.32. The van der Waals surface area contributed by atoms with E-state index in [0.29, 0.717) is 6.04 Å². The number of halogens is 1. The van der Waals surface area contributed by atoms with Gasteiger partial charge in [-0.25, -0.2) is 9.97 Å². The van der Waals surface area contributed by atoms with E-state index in [2.05, 4.69) is 21.5 Å². The highest BCUT2D eigenvalue weighted by Crippen LogP contribution is 2.40. The van der Waals surface area contributed by atoms with Gasteiger partial charge in [0.15, 0.2) is 5.65 Å². The number of imidazole rings is 1. The second-order valence-electron chi connectivity index (χ2n) is 4.49. The fourth-order valence-electron chi connectivity index (χ4n) is 2.10. The zero-order chi connectivity index (χ0) is 11.3. The molecule has 16 heavy (non-hydrogen) atoms. The molecule has 2 aromatic rings. The van der Waals surface area contributed by atoms with Crippen LogP contribution in [0.2, 0.25) is 0 Å². The maximum Gasteiger partial charge on any atom is 0.160 e. The normalized spacial score (nSPS) is 17.9. The molecule has 2 aromatic heterocycles. The Bertz CT molecular complexity index is 540. The minimum absolute atomic E-state index is 0.0609. The Morgan fingerprint density at radius 1 is 1.50 bits per heavy atom. The van der Waals surface area contributed by atoms with Crippen LogP contribution < -0.4 is 0 Å². The largest absolute Gasteiger partial charge is 0.308 e. The SMILES string of the molecule is Cc1ccnc2c1nc(C(C)Cl)n2C1CC1. The summed E-state index contributed by atoms with van der Waals surface area (Å²) < 4.78 is 2.22. The molecule has 1 atom stereocenters. The molecule has 1 aliphatic carbocycles. The highest BCUT2D eigenvalue weighted by atomic mass is 35.5. The predicted molar refractivity (Wildman–Crippen MR) is 64.8 cm³/mol.